The first-order chi connectivity index (χ1) is 8.02. The van der Waals surface area contributed by atoms with Crippen molar-refractivity contribution in [3.8, 4) is 5.82 Å². The number of hydrogen-bond acceptors (Lipinski definition) is 3. The average Bonchev–Trinajstić information content (AvgIpc) is 2.52. The van der Waals surface area contributed by atoms with Crippen molar-refractivity contribution in [3.63, 3.8) is 0 Å². The van der Waals surface area contributed by atoms with E-state index in [1.807, 2.05) is 26.8 Å². The zero-order valence-electron chi connectivity index (χ0n) is 10.5. The van der Waals surface area contributed by atoms with Gasteiger partial charge in [0.1, 0.15) is 11.0 Å². The zero-order valence-corrected chi connectivity index (χ0v) is 11.2. The second-order valence-electron chi connectivity index (χ2n) is 4.03. The molecule has 2 rings (SSSR count). The molecule has 0 aliphatic heterocycles. The molecule has 0 aliphatic carbocycles. The van der Waals surface area contributed by atoms with Crippen LogP contribution < -0.4 is 0 Å². The Balaban J connectivity index is 2.60. The normalized spacial score (nSPS) is 10.9. The maximum Gasteiger partial charge on any atom is 0.159 e. The minimum atomic E-state index is 0.641. The summed E-state index contributed by atoms with van der Waals surface area (Å²) in [6.07, 6.45) is 0.869. The molecule has 0 aromatic carbocycles. The van der Waals surface area contributed by atoms with Crippen LogP contribution in [-0.4, -0.2) is 19.7 Å². The molecular weight excluding hydrogens is 236 g/mol. The standard InChI is InChI=1S/C12H15ClN4/c1-5-10-8(3)16-17(12(10)13)11-6-7(2)14-9(4)15-11/h6H,5H2,1-4H3. The van der Waals surface area contributed by atoms with Gasteiger partial charge in [-0.3, -0.25) is 0 Å². The Morgan fingerprint density at radius 2 is 1.94 bits per heavy atom. The van der Waals surface area contributed by atoms with E-state index in [-0.39, 0.29) is 0 Å². The van der Waals surface area contributed by atoms with E-state index in [0.29, 0.717) is 5.15 Å². The van der Waals surface area contributed by atoms with Crippen LogP contribution in [0.4, 0.5) is 0 Å². The fourth-order valence-electron chi connectivity index (χ4n) is 1.89. The van der Waals surface area contributed by atoms with Crippen molar-refractivity contribution in [2.24, 2.45) is 0 Å². The van der Waals surface area contributed by atoms with Crippen molar-refractivity contribution in [1.29, 1.82) is 0 Å². The van der Waals surface area contributed by atoms with Gasteiger partial charge < -0.3 is 0 Å². The van der Waals surface area contributed by atoms with E-state index in [2.05, 4.69) is 22.0 Å². The Hall–Kier alpha value is -1.42. The largest absolute Gasteiger partial charge is 0.238 e. The van der Waals surface area contributed by atoms with Crippen molar-refractivity contribution >= 4 is 11.6 Å². The van der Waals surface area contributed by atoms with Gasteiger partial charge in [0.2, 0.25) is 0 Å². The van der Waals surface area contributed by atoms with Crippen LogP contribution in [0.2, 0.25) is 5.15 Å². The highest BCUT2D eigenvalue weighted by Gasteiger charge is 2.14. The summed E-state index contributed by atoms with van der Waals surface area (Å²) >= 11 is 6.31. The highest BCUT2D eigenvalue weighted by molar-refractivity contribution is 6.30. The van der Waals surface area contributed by atoms with Gasteiger partial charge in [0.25, 0.3) is 0 Å². The summed E-state index contributed by atoms with van der Waals surface area (Å²) < 4.78 is 1.68. The molecule has 0 spiro atoms. The summed E-state index contributed by atoms with van der Waals surface area (Å²) in [5.41, 5.74) is 2.93. The lowest BCUT2D eigenvalue weighted by atomic mass is 10.2. The molecule has 0 fully saturated rings. The van der Waals surface area contributed by atoms with E-state index in [1.54, 1.807) is 4.68 Å². The molecule has 0 saturated carbocycles. The smallest absolute Gasteiger partial charge is 0.159 e. The molecule has 0 saturated heterocycles. The first-order valence-electron chi connectivity index (χ1n) is 5.59. The van der Waals surface area contributed by atoms with Crippen LogP contribution in [0.1, 0.15) is 29.7 Å². The van der Waals surface area contributed by atoms with Gasteiger partial charge in [-0.25, -0.2) is 14.6 Å². The Labute approximate surface area is 106 Å². The molecule has 0 unspecified atom stereocenters. The Bertz CT molecular complexity index is 540. The first-order valence-corrected chi connectivity index (χ1v) is 5.97. The monoisotopic (exact) mass is 250 g/mol. The molecule has 2 aromatic heterocycles. The van der Waals surface area contributed by atoms with Crippen molar-refractivity contribution in [3.05, 3.63) is 34.0 Å². The SMILES string of the molecule is CCc1c(C)nn(-c2cc(C)nc(C)n2)c1Cl. The quantitative estimate of drug-likeness (QED) is 0.823. The lowest BCUT2D eigenvalue weighted by Crippen LogP contribution is -2.03. The minimum absolute atomic E-state index is 0.641. The van der Waals surface area contributed by atoms with Gasteiger partial charge >= 0.3 is 0 Å². The molecule has 0 N–H and O–H groups in total. The molecule has 4 nitrogen and oxygen atoms in total. The summed E-state index contributed by atoms with van der Waals surface area (Å²) in [5.74, 6) is 1.45. The molecule has 2 aromatic rings. The number of aromatic nitrogens is 4. The van der Waals surface area contributed by atoms with Crippen LogP contribution >= 0.6 is 11.6 Å². The lowest BCUT2D eigenvalue weighted by Gasteiger charge is -2.04. The Morgan fingerprint density at radius 3 is 2.47 bits per heavy atom. The highest BCUT2D eigenvalue weighted by Crippen LogP contribution is 2.23. The van der Waals surface area contributed by atoms with E-state index in [4.69, 9.17) is 11.6 Å². The third kappa shape index (κ3) is 2.17. The number of nitrogens with zero attached hydrogens (tertiary/aromatic N) is 4. The van der Waals surface area contributed by atoms with Crippen LogP contribution in [0.25, 0.3) is 5.82 Å². The van der Waals surface area contributed by atoms with E-state index < -0.39 is 0 Å². The Kier molecular flexibility index (Phi) is 3.15. The second-order valence-corrected chi connectivity index (χ2v) is 4.39. The minimum Gasteiger partial charge on any atom is -0.238 e. The van der Waals surface area contributed by atoms with Crippen LogP contribution in [0.5, 0.6) is 0 Å². The third-order valence-corrected chi connectivity index (χ3v) is 3.03. The van der Waals surface area contributed by atoms with Gasteiger partial charge in [-0.2, -0.15) is 5.10 Å². The average molecular weight is 251 g/mol. The van der Waals surface area contributed by atoms with Gasteiger partial charge in [0, 0.05) is 17.3 Å². The van der Waals surface area contributed by atoms with Crippen molar-refractivity contribution in [2.45, 2.75) is 34.1 Å². The summed E-state index contributed by atoms with van der Waals surface area (Å²) in [7, 11) is 0. The fourth-order valence-corrected chi connectivity index (χ4v) is 2.29. The van der Waals surface area contributed by atoms with Gasteiger partial charge in [0.05, 0.1) is 5.69 Å². The second kappa shape index (κ2) is 4.45. The highest BCUT2D eigenvalue weighted by atomic mass is 35.5. The number of aryl methyl sites for hydroxylation is 3. The predicted octanol–water partition coefficient (Wildman–Crippen LogP) is 2.80. The van der Waals surface area contributed by atoms with Crippen LogP contribution in [0.3, 0.4) is 0 Å². The Morgan fingerprint density at radius 1 is 1.24 bits per heavy atom. The summed E-state index contributed by atoms with van der Waals surface area (Å²) in [6, 6.07) is 1.88. The van der Waals surface area contributed by atoms with Gasteiger partial charge in [-0.15, -0.1) is 0 Å². The van der Waals surface area contributed by atoms with E-state index in [1.165, 1.54) is 0 Å². The number of halogens is 1. The zero-order chi connectivity index (χ0) is 12.6. The molecule has 5 heteroatoms. The molecular formula is C12H15ClN4. The molecule has 0 bridgehead atoms. The molecule has 17 heavy (non-hydrogen) atoms. The van der Waals surface area contributed by atoms with Crippen LogP contribution in [-0.2, 0) is 6.42 Å². The summed E-state index contributed by atoms with van der Waals surface area (Å²) in [6.45, 7) is 7.82. The number of rotatable bonds is 2. The maximum atomic E-state index is 6.31. The summed E-state index contributed by atoms with van der Waals surface area (Å²) in [5, 5.41) is 5.07. The maximum absolute atomic E-state index is 6.31. The van der Waals surface area contributed by atoms with Gasteiger partial charge in [-0.05, 0) is 27.2 Å². The van der Waals surface area contributed by atoms with Crippen LogP contribution in [0, 0.1) is 20.8 Å². The van der Waals surface area contributed by atoms with Crippen molar-refractivity contribution in [1.82, 2.24) is 19.7 Å². The molecule has 0 atom stereocenters. The van der Waals surface area contributed by atoms with Gasteiger partial charge in [-0.1, -0.05) is 18.5 Å². The first kappa shape index (κ1) is 12.0. The van der Waals surface area contributed by atoms with Crippen LogP contribution in [0.15, 0.2) is 6.07 Å². The summed E-state index contributed by atoms with van der Waals surface area (Å²) in [4.78, 5) is 8.60. The number of hydrogen-bond donors (Lipinski definition) is 0. The molecule has 2 heterocycles. The molecule has 0 amide bonds. The van der Waals surface area contributed by atoms with E-state index >= 15 is 0 Å². The molecule has 0 radical (unpaired) electrons. The molecule has 0 aliphatic rings. The fraction of sp³-hybridized carbons (Fsp3) is 0.417. The molecule has 90 valence electrons. The predicted molar refractivity (Wildman–Crippen MR) is 67.8 cm³/mol. The van der Waals surface area contributed by atoms with Gasteiger partial charge in [0.15, 0.2) is 5.82 Å². The third-order valence-electron chi connectivity index (χ3n) is 2.64. The lowest BCUT2D eigenvalue weighted by molar-refractivity contribution is 0.811. The van der Waals surface area contributed by atoms with Crippen molar-refractivity contribution < 1.29 is 0 Å². The van der Waals surface area contributed by atoms with Crippen molar-refractivity contribution in [2.75, 3.05) is 0 Å². The van der Waals surface area contributed by atoms with E-state index in [0.717, 1.165) is 35.0 Å². The topological polar surface area (TPSA) is 43.6 Å². The van der Waals surface area contributed by atoms with E-state index in [9.17, 15) is 0 Å².